The Morgan fingerprint density at radius 1 is 1.06 bits per heavy atom. The second-order valence-electron chi connectivity index (χ2n) is 7.51. The maximum atomic E-state index is 13.0. The first kappa shape index (κ1) is 22.9. The number of morpholine rings is 1. The molecule has 4 rings (SSSR count). The van der Waals surface area contributed by atoms with E-state index in [0.717, 1.165) is 37.3 Å². The molecular weight excluding hydrogens is 441 g/mol. The topological polar surface area (TPSA) is 71.5 Å². The van der Waals surface area contributed by atoms with E-state index in [1.807, 2.05) is 36.4 Å². The molecule has 1 aliphatic heterocycles. The molecule has 0 saturated carbocycles. The molecule has 1 saturated heterocycles. The van der Waals surface area contributed by atoms with Crippen LogP contribution < -0.4 is 20.3 Å². The number of anilines is 2. The van der Waals surface area contributed by atoms with Crippen LogP contribution in [-0.4, -0.2) is 47.9 Å². The quantitative estimate of drug-likeness (QED) is 0.378. The summed E-state index contributed by atoms with van der Waals surface area (Å²) in [5.74, 6) is 2.01. The van der Waals surface area contributed by atoms with Gasteiger partial charge in [0.2, 0.25) is 11.8 Å². The van der Waals surface area contributed by atoms with Crippen molar-refractivity contribution in [1.82, 2.24) is 15.3 Å². The molecule has 0 aliphatic carbocycles. The van der Waals surface area contributed by atoms with E-state index in [2.05, 4.69) is 25.5 Å². The second-order valence-corrected chi connectivity index (χ2v) is 7.92. The SMILES string of the molecule is Fc1ccc(CCCNC(=S)Nc2nc(Oc3ccccc3)cc(N3CCOCC3)n2)cc1. The largest absolute Gasteiger partial charge is 0.439 e. The Labute approximate surface area is 198 Å². The Hall–Kier alpha value is -3.30. The number of hydrogen-bond donors (Lipinski definition) is 2. The number of thiocarbonyl (C=S) groups is 1. The van der Waals surface area contributed by atoms with Gasteiger partial charge >= 0.3 is 0 Å². The fraction of sp³-hybridized carbons (Fsp3) is 0.292. The van der Waals surface area contributed by atoms with E-state index < -0.39 is 0 Å². The maximum absolute atomic E-state index is 13.0. The zero-order valence-electron chi connectivity index (χ0n) is 18.2. The van der Waals surface area contributed by atoms with Crippen LogP contribution in [0.5, 0.6) is 11.6 Å². The van der Waals surface area contributed by atoms with Gasteiger partial charge < -0.3 is 25.0 Å². The fourth-order valence-electron chi connectivity index (χ4n) is 3.38. The van der Waals surface area contributed by atoms with E-state index in [-0.39, 0.29) is 5.82 Å². The number of benzene rings is 2. The molecule has 1 aliphatic rings. The summed E-state index contributed by atoms with van der Waals surface area (Å²) < 4.78 is 24.4. The van der Waals surface area contributed by atoms with Gasteiger partial charge in [0.05, 0.1) is 13.2 Å². The molecule has 0 amide bonds. The van der Waals surface area contributed by atoms with Crippen molar-refractivity contribution in [1.29, 1.82) is 0 Å². The highest BCUT2D eigenvalue weighted by Gasteiger charge is 2.16. The van der Waals surface area contributed by atoms with Gasteiger partial charge in [-0.2, -0.15) is 9.97 Å². The van der Waals surface area contributed by atoms with Crippen LogP contribution in [-0.2, 0) is 11.2 Å². The van der Waals surface area contributed by atoms with Gasteiger partial charge in [0.1, 0.15) is 17.4 Å². The standard InChI is InChI=1S/C24H26FN5O2S/c25-19-10-8-18(9-11-19)5-4-12-26-24(33)29-23-27-21(30-13-15-31-16-14-30)17-22(28-23)32-20-6-2-1-3-7-20/h1-3,6-11,17H,4-5,12-16H2,(H2,26,27,28,29,33). The van der Waals surface area contributed by atoms with Crippen molar-refractivity contribution in [3.05, 3.63) is 72.0 Å². The van der Waals surface area contributed by atoms with Crippen molar-refractivity contribution >= 4 is 29.1 Å². The van der Waals surface area contributed by atoms with Crippen LogP contribution in [0.25, 0.3) is 0 Å². The molecule has 0 unspecified atom stereocenters. The van der Waals surface area contributed by atoms with Crippen LogP contribution in [0.2, 0.25) is 0 Å². The average Bonchev–Trinajstić information content (AvgIpc) is 2.84. The Morgan fingerprint density at radius 2 is 1.82 bits per heavy atom. The predicted molar refractivity (Wildman–Crippen MR) is 131 cm³/mol. The lowest BCUT2D eigenvalue weighted by atomic mass is 10.1. The number of halogens is 1. The van der Waals surface area contributed by atoms with Gasteiger partial charge in [-0.25, -0.2) is 4.39 Å². The third kappa shape index (κ3) is 7.10. The highest BCUT2D eigenvalue weighted by molar-refractivity contribution is 7.80. The fourth-order valence-corrected chi connectivity index (χ4v) is 3.57. The predicted octanol–water partition coefficient (Wildman–Crippen LogP) is 4.16. The molecule has 9 heteroatoms. The summed E-state index contributed by atoms with van der Waals surface area (Å²) in [6.45, 7) is 3.45. The monoisotopic (exact) mass is 467 g/mol. The van der Waals surface area contributed by atoms with Crippen molar-refractivity contribution in [3.63, 3.8) is 0 Å². The number of aryl methyl sites for hydroxylation is 1. The summed E-state index contributed by atoms with van der Waals surface area (Å²) in [5.41, 5.74) is 1.08. The minimum atomic E-state index is -0.225. The number of nitrogens with one attached hydrogen (secondary N) is 2. The normalized spacial score (nSPS) is 13.4. The van der Waals surface area contributed by atoms with Gasteiger partial charge in [-0.1, -0.05) is 30.3 Å². The van der Waals surface area contributed by atoms with E-state index in [0.29, 0.717) is 42.4 Å². The Kier molecular flexibility index (Phi) is 7.99. The Bertz CT molecular complexity index is 1050. The Morgan fingerprint density at radius 3 is 2.58 bits per heavy atom. The molecule has 3 aromatic rings. The molecule has 2 aromatic carbocycles. The first-order valence-electron chi connectivity index (χ1n) is 10.9. The summed E-state index contributed by atoms with van der Waals surface area (Å²) in [6, 6.07) is 17.9. The van der Waals surface area contributed by atoms with Gasteiger partial charge in [0.25, 0.3) is 0 Å². The van der Waals surface area contributed by atoms with E-state index in [1.165, 1.54) is 12.1 Å². The zero-order valence-corrected chi connectivity index (χ0v) is 19.0. The van der Waals surface area contributed by atoms with Crippen molar-refractivity contribution in [2.45, 2.75) is 12.8 Å². The molecule has 2 heterocycles. The van der Waals surface area contributed by atoms with Crippen molar-refractivity contribution < 1.29 is 13.9 Å². The smallest absolute Gasteiger partial charge is 0.234 e. The molecule has 1 aromatic heterocycles. The molecule has 0 atom stereocenters. The zero-order chi connectivity index (χ0) is 22.9. The van der Waals surface area contributed by atoms with E-state index in [9.17, 15) is 4.39 Å². The lowest BCUT2D eigenvalue weighted by Gasteiger charge is -2.28. The second kappa shape index (κ2) is 11.5. The summed E-state index contributed by atoms with van der Waals surface area (Å²) in [5, 5.41) is 6.67. The maximum Gasteiger partial charge on any atom is 0.234 e. The summed E-state index contributed by atoms with van der Waals surface area (Å²) in [6.07, 6.45) is 1.68. The number of para-hydroxylation sites is 1. The van der Waals surface area contributed by atoms with Crippen molar-refractivity contribution in [2.75, 3.05) is 43.1 Å². The third-order valence-corrected chi connectivity index (χ3v) is 5.30. The van der Waals surface area contributed by atoms with Gasteiger partial charge in [-0.3, -0.25) is 0 Å². The number of aromatic nitrogens is 2. The summed E-state index contributed by atoms with van der Waals surface area (Å²) in [4.78, 5) is 11.2. The molecule has 1 fully saturated rings. The lowest BCUT2D eigenvalue weighted by Crippen LogP contribution is -2.37. The molecule has 33 heavy (non-hydrogen) atoms. The molecule has 7 nitrogen and oxygen atoms in total. The van der Waals surface area contributed by atoms with Crippen LogP contribution in [0.4, 0.5) is 16.2 Å². The first-order chi connectivity index (χ1) is 16.2. The summed E-state index contributed by atoms with van der Waals surface area (Å²) in [7, 11) is 0. The molecule has 0 radical (unpaired) electrons. The molecule has 2 N–H and O–H groups in total. The average molecular weight is 468 g/mol. The van der Waals surface area contributed by atoms with E-state index in [4.69, 9.17) is 21.7 Å². The van der Waals surface area contributed by atoms with Crippen LogP contribution in [0, 0.1) is 5.82 Å². The van der Waals surface area contributed by atoms with Crippen LogP contribution in [0.15, 0.2) is 60.7 Å². The van der Waals surface area contributed by atoms with Crippen LogP contribution >= 0.6 is 12.2 Å². The van der Waals surface area contributed by atoms with Gasteiger partial charge in [-0.05, 0) is 54.9 Å². The highest BCUT2D eigenvalue weighted by atomic mass is 32.1. The number of ether oxygens (including phenoxy) is 2. The number of rotatable bonds is 8. The minimum Gasteiger partial charge on any atom is -0.439 e. The number of nitrogens with zero attached hydrogens (tertiary/aromatic N) is 3. The minimum absolute atomic E-state index is 0.225. The van der Waals surface area contributed by atoms with E-state index in [1.54, 1.807) is 12.1 Å². The van der Waals surface area contributed by atoms with E-state index >= 15 is 0 Å². The van der Waals surface area contributed by atoms with Crippen LogP contribution in [0.1, 0.15) is 12.0 Å². The first-order valence-corrected chi connectivity index (χ1v) is 11.3. The lowest BCUT2D eigenvalue weighted by molar-refractivity contribution is 0.122. The van der Waals surface area contributed by atoms with Gasteiger partial charge in [0, 0.05) is 25.7 Å². The molecule has 0 bridgehead atoms. The van der Waals surface area contributed by atoms with Crippen LogP contribution in [0.3, 0.4) is 0 Å². The van der Waals surface area contributed by atoms with Crippen molar-refractivity contribution in [2.24, 2.45) is 0 Å². The summed E-state index contributed by atoms with van der Waals surface area (Å²) >= 11 is 5.43. The van der Waals surface area contributed by atoms with Gasteiger partial charge in [-0.15, -0.1) is 0 Å². The Balaban J connectivity index is 1.37. The molecule has 0 spiro atoms. The molecular formula is C24H26FN5O2S. The highest BCUT2D eigenvalue weighted by Crippen LogP contribution is 2.25. The number of hydrogen-bond acceptors (Lipinski definition) is 6. The molecule has 172 valence electrons. The van der Waals surface area contributed by atoms with Gasteiger partial charge in [0.15, 0.2) is 5.11 Å². The van der Waals surface area contributed by atoms with Crippen molar-refractivity contribution in [3.8, 4) is 11.6 Å². The third-order valence-electron chi connectivity index (χ3n) is 5.06.